The van der Waals surface area contributed by atoms with E-state index in [9.17, 15) is 13.2 Å². The lowest BCUT2D eigenvalue weighted by atomic mass is 9.96. The molecule has 2 aromatic heterocycles. The molecule has 0 amide bonds. The van der Waals surface area contributed by atoms with E-state index in [0.29, 0.717) is 18.7 Å². The highest BCUT2D eigenvalue weighted by Crippen LogP contribution is 2.39. The number of rotatable bonds is 1. The third-order valence-electron chi connectivity index (χ3n) is 4.70. The molecular formula is C16H19F3N6. The Balaban J connectivity index is 2.07. The summed E-state index contributed by atoms with van der Waals surface area (Å²) in [4.78, 5) is 13.9. The van der Waals surface area contributed by atoms with E-state index in [4.69, 9.17) is 11.5 Å². The van der Waals surface area contributed by atoms with Gasteiger partial charge in [-0.2, -0.15) is 18.2 Å². The van der Waals surface area contributed by atoms with Crippen LogP contribution in [0, 0.1) is 0 Å². The van der Waals surface area contributed by atoms with E-state index >= 15 is 0 Å². The maximum absolute atomic E-state index is 13.4. The fraction of sp³-hybridized carbons (Fsp3) is 0.438. The third-order valence-corrected chi connectivity index (χ3v) is 4.70. The molecule has 0 saturated carbocycles. The van der Waals surface area contributed by atoms with Gasteiger partial charge in [-0.15, -0.1) is 0 Å². The van der Waals surface area contributed by atoms with E-state index in [0.717, 1.165) is 11.6 Å². The zero-order valence-electron chi connectivity index (χ0n) is 13.9. The van der Waals surface area contributed by atoms with Crippen molar-refractivity contribution in [2.45, 2.75) is 38.4 Å². The van der Waals surface area contributed by atoms with Crippen molar-refractivity contribution in [3.8, 4) is 0 Å². The van der Waals surface area contributed by atoms with Gasteiger partial charge < -0.3 is 16.4 Å². The summed E-state index contributed by atoms with van der Waals surface area (Å²) in [6, 6.07) is 2.06. The highest BCUT2D eigenvalue weighted by molar-refractivity contribution is 5.54. The van der Waals surface area contributed by atoms with Crippen LogP contribution >= 0.6 is 0 Å². The van der Waals surface area contributed by atoms with E-state index in [-0.39, 0.29) is 29.5 Å². The first kappa shape index (κ1) is 17.2. The standard InChI is InChI=1S/C16H19F3N6/c1-8-9(2)25(14-11(16(17,18)19)4-3-6-22-14)7-5-10-12(8)23-15(21)24-13(10)20/h3-4,6,8-9H,5,7H2,1-2H3,(H4,20,21,23,24). The first-order valence-corrected chi connectivity index (χ1v) is 7.90. The molecule has 9 heteroatoms. The maximum atomic E-state index is 13.4. The van der Waals surface area contributed by atoms with Gasteiger partial charge in [-0.3, -0.25) is 0 Å². The number of alkyl halides is 3. The van der Waals surface area contributed by atoms with Gasteiger partial charge in [-0.1, -0.05) is 6.92 Å². The Bertz CT molecular complexity index is 792. The van der Waals surface area contributed by atoms with Gasteiger partial charge in [0.05, 0.1) is 11.3 Å². The van der Waals surface area contributed by atoms with Crippen molar-refractivity contribution in [1.82, 2.24) is 15.0 Å². The zero-order chi connectivity index (χ0) is 18.4. The third kappa shape index (κ3) is 3.06. The average molecular weight is 352 g/mol. The minimum Gasteiger partial charge on any atom is -0.383 e. The Kier molecular flexibility index (Phi) is 4.18. The molecule has 0 aromatic carbocycles. The topological polar surface area (TPSA) is 93.9 Å². The first-order valence-electron chi connectivity index (χ1n) is 7.90. The Morgan fingerprint density at radius 2 is 1.92 bits per heavy atom. The fourth-order valence-electron chi connectivity index (χ4n) is 3.25. The molecule has 0 fully saturated rings. The van der Waals surface area contributed by atoms with Crippen LogP contribution in [-0.2, 0) is 12.6 Å². The summed E-state index contributed by atoms with van der Waals surface area (Å²) in [5, 5.41) is 0. The Labute approximate surface area is 143 Å². The molecule has 0 spiro atoms. The van der Waals surface area contributed by atoms with E-state index in [2.05, 4.69) is 15.0 Å². The Morgan fingerprint density at radius 1 is 1.20 bits per heavy atom. The summed E-state index contributed by atoms with van der Waals surface area (Å²) in [5.74, 6) is 0.0767. The van der Waals surface area contributed by atoms with Gasteiger partial charge >= 0.3 is 6.18 Å². The number of anilines is 3. The molecule has 3 heterocycles. The van der Waals surface area contributed by atoms with Crippen LogP contribution in [0.2, 0.25) is 0 Å². The number of aromatic nitrogens is 3. The number of hydrogen-bond acceptors (Lipinski definition) is 6. The van der Waals surface area contributed by atoms with Crippen LogP contribution in [0.25, 0.3) is 0 Å². The van der Waals surface area contributed by atoms with Crippen LogP contribution in [0.4, 0.5) is 30.8 Å². The molecule has 3 rings (SSSR count). The van der Waals surface area contributed by atoms with Crippen molar-refractivity contribution in [1.29, 1.82) is 0 Å². The van der Waals surface area contributed by atoms with Crippen LogP contribution in [0.5, 0.6) is 0 Å². The predicted molar refractivity (Wildman–Crippen MR) is 89.0 cm³/mol. The van der Waals surface area contributed by atoms with Crippen LogP contribution < -0.4 is 16.4 Å². The molecule has 0 radical (unpaired) electrons. The summed E-state index contributed by atoms with van der Waals surface area (Å²) >= 11 is 0. The summed E-state index contributed by atoms with van der Waals surface area (Å²) in [7, 11) is 0. The lowest BCUT2D eigenvalue weighted by molar-refractivity contribution is -0.137. The molecule has 0 saturated heterocycles. The number of halogens is 3. The molecule has 0 bridgehead atoms. The quantitative estimate of drug-likeness (QED) is 0.819. The SMILES string of the molecule is CC1c2nc(N)nc(N)c2CCN(c2ncccc2C(F)(F)F)C1C. The molecule has 2 atom stereocenters. The van der Waals surface area contributed by atoms with Crippen molar-refractivity contribution < 1.29 is 13.2 Å². The molecule has 2 unspecified atom stereocenters. The van der Waals surface area contributed by atoms with Gasteiger partial charge in [-0.05, 0) is 25.5 Å². The summed E-state index contributed by atoms with van der Waals surface area (Å²) in [6.07, 6.45) is -2.69. The van der Waals surface area contributed by atoms with Crippen LogP contribution in [0.3, 0.4) is 0 Å². The van der Waals surface area contributed by atoms with Crippen LogP contribution in [0.1, 0.15) is 36.6 Å². The lowest BCUT2D eigenvalue weighted by Crippen LogP contribution is -2.38. The number of nitrogens with two attached hydrogens (primary N) is 2. The predicted octanol–water partition coefficient (Wildman–Crippen LogP) is 2.61. The molecular weight excluding hydrogens is 333 g/mol. The van der Waals surface area contributed by atoms with E-state index < -0.39 is 11.7 Å². The zero-order valence-corrected chi connectivity index (χ0v) is 13.9. The number of fused-ring (bicyclic) bond motifs is 1. The molecule has 0 aliphatic carbocycles. The van der Waals surface area contributed by atoms with Gasteiger partial charge in [0.2, 0.25) is 5.95 Å². The van der Waals surface area contributed by atoms with Crippen molar-refractivity contribution in [3.63, 3.8) is 0 Å². The second kappa shape index (κ2) is 6.05. The van der Waals surface area contributed by atoms with Crippen molar-refractivity contribution in [2.75, 3.05) is 22.9 Å². The number of nitrogens with zero attached hydrogens (tertiary/aromatic N) is 4. The normalized spacial score (nSPS) is 20.9. The van der Waals surface area contributed by atoms with Gasteiger partial charge in [0.1, 0.15) is 11.6 Å². The lowest BCUT2D eigenvalue weighted by Gasteiger charge is -2.33. The minimum absolute atomic E-state index is 0.0672. The smallest absolute Gasteiger partial charge is 0.383 e. The second-order valence-electron chi connectivity index (χ2n) is 6.18. The average Bonchev–Trinajstić information content (AvgIpc) is 2.66. The maximum Gasteiger partial charge on any atom is 0.419 e. The largest absolute Gasteiger partial charge is 0.419 e. The van der Waals surface area contributed by atoms with Gasteiger partial charge in [-0.25, -0.2) is 9.97 Å². The van der Waals surface area contributed by atoms with Gasteiger partial charge in [0.25, 0.3) is 0 Å². The molecule has 1 aliphatic rings. The van der Waals surface area contributed by atoms with Gasteiger partial charge in [0, 0.05) is 30.3 Å². The molecule has 2 aromatic rings. The summed E-state index contributed by atoms with van der Waals surface area (Å²) in [5.41, 5.74) is 12.3. The second-order valence-corrected chi connectivity index (χ2v) is 6.18. The number of hydrogen-bond donors (Lipinski definition) is 2. The fourth-order valence-corrected chi connectivity index (χ4v) is 3.25. The summed E-state index contributed by atoms with van der Waals surface area (Å²) in [6.45, 7) is 4.07. The number of nitrogen functional groups attached to an aromatic ring is 2. The van der Waals surface area contributed by atoms with Crippen LogP contribution in [-0.4, -0.2) is 27.5 Å². The monoisotopic (exact) mass is 352 g/mol. The highest BCUT2D eigenvalue weighted by atomic mass is 19.4. The molecule has 1 aliphatic heterocycles. The molecule has 134 valence electrons. The van der Waals surface area contributed by atoms with E-state index in [1.165, 1.54) is 12.3 Å². The molecule has 4 N–H and O–H groups in total. The van der Waals surface area contributed by atoms with E-state index in [1.807, 2.05) is 13.8 Å². The Morgan fingerprint density at radius 3 is 2.60 bits per heavy atom. The summed E-state index contributed by atoms with van der Waals surface area (Å²) < 4.78 is 40.2. The molecule has 25 heavy (non-hydrogen) atoms. The van der Waals surface area contributed by atoms with Gasteiger partial charge in [0.15, 0.2) is 0 Å². The van der Waals surface area contributed by atoms with Crippen molar-refractivity contribution in [3.05, 3.63) is 35.2 Å². The Hall–Kier alpha value is -2.58. The first-order chi connectivity index (χ1) is 11.7. The number of pyridine rings is 1. The van der Waals surface area contributed by atoms with Crippen LogP contribution in [0.15, 0.2) is 18.3 Å². The van der Waals surface area contributed by atoms with Crippen molar-refractivity contribution in [2.24, 2.45) is 0 Å². The van der Waals surface area contributed by atoms with E-state index in [1.54, 1.807) is 4.90 Å². The van der Waals surface area contributed by atoms with Crippen molar-refractivity contribution >= 4 is 17.6 Å². The highest BCUT2D eigenvalue weighted by Gasteiger charge is 2.38. The minimum atomic E-state index is -4.48. The molecule has 6 nitrogen and oxygen atoms in total.